The number of rotatable bonds is 6. The van der Waals surface area contributed by atoms with E-state index in [0.717, 1.165) is 5.56 Å². The first-order valence-corrected chi connectivity index (χ1v) is 6.93. The fraction of sp³-hybridized carbons (Fsp3) is 0.562. The second-order valence-corrected chi connectivity index (χ2v) is 6.19. The zero-order valence-corrected chi connectivity index (χ0v) is 12.6. The predicted molar refractivity (Wildman–Crippen MR) is 77.9 cm³/mol. The molecule has 0 aromatic heterocycles. The normalized spacial score (nSPS) is 13.3. The first-order valence-electron chi connectivity index (χ1n) is 6.93. The minimum absolute atomic E-state index is 0.0528. The molecule has 112 valence electrons. The average Bonchev–Trinajstić information content (AvgIpc) is 2.36. The highest BCUT2D eigenvalue weighted by Crippen LogP contribution is 2.22. The Balaban J connectivity index is 2.57. The van der Waals surface area contributed by atoms with Gasteiger partial charge in [-0.3, -0.25) is 4.79 Å². The van der Waals surface area contributed by atoms with Crippen LogP contribution in [0.4, 0.5) is 4.39 Å². The Morgan fingerprint density at radius 1 is 1.40 bits per heavy atom. The van der Waals surface area contributed by atoms with E-state index < -0.39 is 6.10 Å². The third-order valence-corrected chi connectivity index (χ3v) is 3.50. The van der Waals surface area contributed by atoms with Gasteiger partial charge in [0.15, 0.2) is 0 Å². The number of carbonyl (C=O) groups is 1. The molecule has 0 radical (unpaired) electrons. The van der Waals surface area contributed by atoms with E-state index in [2.05, 4.69) is 5.32 Å². The van der Waals surface area contributed by atoms with Crippen molar-refractivity contribution in [3.05, 3.63) is 35.6 Å². The largest absolute Gasteiger partial charge is 0.392 e. The summed E-state index contributed by atoms with van der Waals surface area (Å²) >= 11 is 0. The summed E-state index contributed by atoms with van der Waals surface area (Å²) in [5, 5.41) is 12.5. The Morgan fingerprint density at radius 3 is 2.60 bits per heavy atom. The number of nitrogens with one attached hydrogen (secondary N) is 1. The van der Waals surface area contributed by atoms with Crippen LogP contribution in [0.2, 0.25) is 0 Å². The molecule has 0 heterocycles. The van der Waals surface area contributed by atoms with E-state index in [0.29, 0.717) is 6.54 Å². The van der Waals surface area contributed by atoms with E-state index >= 15 is 0 Å². The van der Waals surface area contributed by atoms with Gasteiger partial charge < -0.3 is 10.4 Å². The standard InChI is InChI=1S/C16H24FNO2/c1-11(2)14(19)9-15(20)18-10-16(3,4)12-6-5-7-13(17)8-12/h5-8,11,14,19H,9-10H2,1-4H3,(H,18,20). The van der Waals surface area contributed by atoms with E-state index in [1.165, 1.54) is 12.1 Å². The van der Waals surface area contributed by atoms with Crippen LogP contribution in [0.1, 0.15) is 39.7 Å². The van der Waals surface area contributed by atoms with E-state index in [9.17, 15) is 14.3 Å². The average molecular weight is 281 g/mol. The fourth-order valence-corrected chi connectivity index (χ4v) is 1.83. The minimum atomic E-state index is -0.632. The van der Waals surface area contributed by atoms with Crippen LogP contribution in [0, 0.1) is 11.7 Å². The first-order chi connectivity index (χ1) is 9.22. The Morgan fingerprint density at radius 2 is 2.05 bits per heavy atom. The zero-order chi connectivity index (χ0) is 15.3. The molecule has 2 N–H and O–H groups in total. The molecule has 1 aromatic rings. The van der Waals surface area contributed by atoms with Crippen LogP contribution in [-0.4, -0.2) is 23.7 Å². The lowest BCUT2D eigenvalue weighted by molar-refractivity contribution is -0.123. The highest BCUT2D eigenvalue weighted by Gasteiger charge is 2.23. The lowest BCUT2D eigenvalue weighted by Crippen LogP contribution is -2.38. The number of hydrogen-bond donors (Lipinski definition) is 2. The number of aliphatic hydroxyl groups excluding tert-OH is 1. The lowest BCUT2D eigenvalue weighted by atomic mass is 9.84. The van der Waals surface area contributed by atoms with Gasteiger partial charge in [-0.25, -0.2) is 4.39 Å². The van der Waals surface area contributed by atoms with Crippen LogP contribution in [0.3, 0.4) is 0 Å². The summed E-state index contributed by atoms with van der Waals surface area (Å²) in [6.45, 7) is 8.03. The molecule has 0 aliphatic heterocycles. The first kappa shape index (κ1) is 16.6. The van der Waals surface area contributed by atoms with E-state index in [1.807, 2.05) is 33.8 Å². The monoisotopic (exact) mass is 281 g/mol. The van der Waals surface area contributed by atoms with Gasteiger partial charge in [0.1, 0.15) is 5.82 Å². The van der Waals surface area contributed by atoms with Crippen LogP contribution in [0.25, 0.3) is 0 Å². The number of amides is 1. The van der Waals surface area contributed by atoms with Crippen molar-refractivity contribution < 1.29 is 14.3 Å². The van der Waals surface area contributed by atoms with Crippen molar-refractivity contribution in [2.45, 2.75) is 45.6 Å². The number of halogens is 1. The summed E-state index contributed by atoms with van der Waals surface area (Å²) < 4.78 is 13.2. The molecule has 0 aliphatic rings. The Labute approximate surface area is 120 Å². The van der Waals surface area contributed by atoms with Gasteiger partial charge in [-0.05, 0) is 23.6 Å². The fourth-order valence-electron chi connectivity index (χ4n) is 1.83. The van der Waals surface area contributed by atoms with Gasteiger partial charge in [0, 0.05) is 12.0 Å². The summed E-state index contributed by atoms with van der Waals surface area (Å²) in [5.41, 5.74) is 0.475. The molecule has 0 bridgehead atoms. The molecule has 20 heavy (non-hydrogen) atoms. The van der Waals surface area contributed by atoms with Crippen LogP contribution < -0.4 is 5.32 Å². The van der Waals surface area contributed by atoms with Crippen molar-refractivity contribution >= 4 is 5.91 Å². The summed E-state index contributed by atoms with van der Waals surface area (Å²) in [4.78, 5) is 11.8. The van der Waals surface area contributed by atoms with Gasteiger partial charge in [0.25, 0.3) is 0 Å². The zero-order valence-electron chi connectivity index (χ0n) is 12.6. The molecule has 3 nitrogen and oxygen atoms in total. The topological polar surface area (TPSA) is 49.3 Å². The van der Waals surface area contributed by atoms with Crippen molar-refractivity contribution in [2.24, 2.45) is 5.92 Å². The second kappa shape index (κ2) is 6.84. The van der Waals surface area contributed by atoms with Crippen molar-refractivity contribution in [3.63, 3.8) is 0 Å². The molecule has 0 saturated heterocycles. The van der Waals surface area contributed by atoms with Gasteiger partial charge >= 0.3 is 0 Å². The Kier molecular flexibility index (Phi) is 5.69. The van der Waals surface area contributed by atoms with Crippen LogP contribution >= 0.6 is 0 Å². The maximum atomic E-state index is 13.2. The summed E-state index contributed by atoms with van der Waals surface area (Å²) in [6.07, 6.45) is -0.538. The lowest BCUT2D eigenvalue weighted by Gasteiger charge is -2.26. The Bertz CT molecular complexity index is 458. The highest BCUT2D eigenvalue weighted by molar-refractivity contribution is 5.76. The summed E-state index contributed by atoms with van der Waals surface area (Å²) in [5.74, 6) is -0.412. The molecule has 4 heteroatoms. The molecule has 1 unspecified atom stereocenters. The minimum Gasteiger partial charge on any atom is -0.392 e. The molecule has 0 saturated carbocycles. The quantitative estimate of drug-likeness (QED) is 0.842. The van der Waals surface area contributed by atoms with Gasteiger partial charge in [0.2, 0.25) is 5.91 Å². The van der Waals surface area contributed by atoms with Crippen LogP contribution in [0.15, 0.2) is 24.3 Å². The number of carbonyl (C=O) groups excluding carboxylic acids is 1. The molecule has 1 amide bonds. The summed E-state index contributed by atoms with van der Waals surface area (Å²) in [7, 11) is 0. The van der Waals surface area contributed by atoms with Crippen molar-refractivity contribution in [1.82, 2.24) is 5.32 Å². The maximum absolute atomic E-state index is 13.2. The van der Waals surface area contributed by atoms with E-state index in [-0.39, 0.29) is 29.5 Å². The third-order valence-electron chi connectivity index (χ3n) is 3.50. The number of aliphatic hydroxyl groups is 1. The van der Waals surface area contributed by atoms with Crippen molar-refractivity contribution in [3.8, 4) is 0 Å². The number of benzene rings is 1. The molecule has 1 aromatic carbocycles. The molecular formula is C16H24FNO2. The SMILES string of the molecule is CC(C)C(O)CC(=O)NCC(C)(C)c1cccc(F)c1. The van der Waals surface area contributed by atoms with E-state index in [1.54, 1.807) is 6.07 Å². The Hall–Kier alpha value is -1.42. The molecule has 0 aliphatic carbocycles. The van der Waals surface area contributed by atoms with Gasteiger partial charge in [0.05, 0.1) is 12.5 Å². The maximum Gasteiger partial charge on any atom is 0.222 e. The number of hydrogen-bond acceptors (Lipinski definition) is 2. The third kappa shape index (κ3) is 4.93. The smallest absolute Gasteiger partial charge is 0.222 e. The molecular weight excluding hydrogens is 257 g/mol. The summed E-state index contributed by atoms with van der Waals surface area (Å²) in [6, 6.07) is 6.39. The predicted octanol–water partition coefficient (Wildman–Crippen LogP) is 2.63. The van der Waals surface area contributed by atoms with Crippen molar-refractivity contribution in [2.75, 3.05) is 6.54 Å². The van der Waals surface area contributed by atoms with Crippen LogP contribution in [0.5, 0.6) is 0 Å². The van der Waals surface area contributed by atoms with Crippen molar-refractivity contribution in [1.29, 1.82) is 0 Å². The molecule has 0 spiro atoms. The van der Waals surface area contributed by atoms with Gasteiger partial charge in [-0.2, -0.15) is 0 Å². The van der Waals surface area contributed by atoms with E-state index in [4.69, 9.17) is 0 Å². The molecule has 1 atom stereocenters. The highest BCUT2D eigenvalue weighted by atomic mass is 19.1. The van der Waals surface area contributed by atoms with Gasteiger partial charge in [-0.15, -0.1) is 0 Å². The molecule has 0 fully saturated rings. The van der Waals surface area contributed by atoms with Crippen LogP contribution in [-0.2, 0) is 10.2 Å². The second-order valence-electron chi connectivity index (χ2n) is 6.19. The molecule has 1 rings (SSSR count). The van der Waals surface area contributed by atoms with Gasteiger partial charge in [-0.1, -0.05) is 39.8 Å².